The normalized spacial score (nSPS) is 16.4. The molecule has 1 heterocycles. The number of benzene rings is 2. The molecule has 1 atom stereocenters. The molecule has 0 amide bonds. The lowest BCUT2D eigenvalue weighted by Crippen LogP contribution is -2.45. The molecule has 0 unspecified atom stereocenters. The highest BCUT2D eigenvalue weighted by atomic mass is 32.1. The first-order valence-corrected chi connectivity index (χ1v) is 8.87. The van der Waals surface area contributed by atoms with Gasteiger partial charge in [0.1, 0.15) is 0 Å². The third-order valence-electron chi connectivity index (χ3n) is 4.19. The molecular formula is C20H20N2O4S. The van der Waals surface area contributed by atoms with Gasteiger partial charge in [0, 0.05) is 5.56 Å². The summed E-state index contributed by atoms with van der Waals surface area (Å²) in [5.74, 6) is -0.245. The highest BCUT2D eigenvalue weighted by molar-refractivity contribution is 7.80. The van der Waals surface area contributed by atoms with Gasteiger partial charge in [0.15, 0.2) is 16.6 Å². The van der Waals surface area contributed by atoms with Crippen molar-refractivity contribution in [2.24, 2.45) is 0 Å². The fourth-order valence-corrected chi connectivity index (χ4v) is 3.22. The molecule has 3 N–H and O–H groups in total. The van der Waals surface area contributed by atoms with Crippen LogP contribution in [0.2, 0.25) is 0 Å². The fraction of sp³-hybridized carbons (Fsp3) is 0.200. The molecule has 0 aliphatic carbocycles. The number of phenols is 1. The van der Waals surface area contributed by atoms with Crippen LogP contribution in [0.3, 0.4) is 0 Å². The van der Waals surface area contributed by atoms with Crippen molar-refractivity contribution in [3.05, 3.63) is 65.2 Å². The van der Waals surface area contributed by atoms with Gasteiger partial charge in [-0.3, -0.25) is 0 Å². The molecule has 0 bridgehead atoms. The Balaban J connectivity index is 2.22. The first-order chi connectivity index (χ1) is 13.1. The van der Waals surface area contributed by atoms with Crippen LogP contribution in [0.15, 0.2) is 54.1 Å². The van der Waals surface area contributed by atoms with Crippen LogP contribution in [-0.2, 0) is 9.53 Å². The Morgan fingerprint density at radius 3 is 2.59 bits per heavy atom. The van der Waals surface area contributed by atoms with Crippen molar-refractivity contribution in [2.75, 3.05) is 13.7 Å². The minimum Gasteiger partial charge on any atom is -0.504 e. The number of aromatic hydroxyl groups is 1. The Kier molecular flexibility index (Phi) is 5.61. The largest absolute Gasteiger partial charge is 0.504 e. The van der Waals surface area contributed by atoms with Gasteiger partial charge in [0.2, 0.25) is 0 Å². The molecule has 0 saturated carbocycles. The van der Waals surface area contributed by atoms with Crippen LogP contribution < -0.4 is 15.4 Å². The summed E-state index contributed by atoms with van der Waals surface area (Å²) in [6.45, 7) is 1.97. The molecule has 6 nitrogen and oxygen atoms in total. The van der Waals surface area contributed by atoms with Crippen molar-refractivity contribution >= 4 is 29.0 Å². The summed E-state index contributed by atoms with van der Waals surface area (Å²) < 4.78 is 10.5. The molecule has 27 heavy (non-hydrogen) atoms. The lowest BCUT2D eigenvalue weighted by Gasteiger charge is -2.31. The summed E-state index contributed by atoms with van der Waals surface area (Å²) in [5, 5.41) is 17.1. The number of ether oxygens (including phenoxy) is 2. The summed E-state index contributed by atoms with van der Waals surface area (Å²) in [4.78, 5) is 12.8. The van der Waals surface area contributed by atoms with Gasteiger partial charge in [0.25, 0.3) is 0 Å². The second-order valence-corrected chi connectivity index (χ2v) is 6.21. The van der Waals surface area contributed by atoms with E-state index in [9.17, 15) is 9.90 Å². The van der Waals surface area contributed by atoms with Crippen LogP contribution >= 0.6 is 12.2 Å². The maximum absolute atomic E-state index is 12.8. The number of carbonyl (C=O) groups excluding carboxylic acids is 1. The summed E-state index contributed by atoms with van der Waals surface area (Å²) in [5.41, 5.74) is 2.14. The number of hydrogen-bond acceptors (Lipinski definition) is 5. The number of hydrogen-bond donors (Lipinski definition) is 3. The molecule has 1 aliphatic rings. The highest BCUT2D eigenvalue weighted by Gasteiger charge is 2.35. The predicted molar refractivity (Wildman–Crippen MR) is 106 cm³/mol. The van der Waals surface area contributed by atoms with Gasteiger partial charge in [-0.15, -0.1) is 0 Å². The Morgan fingerprint density at radius 2 is 1.93 bits per heavy atom. The maximum Gasteiger partial charge on any atom is 0.338 e. The van der Waals surface area contributed by atoms with Crippen LogP contribution in [0.1, 0.15) is 24.1 Å². The van der Waals surface area contributed by atoms with E-state index in [0.29, 0.717) is 27.7 Å². The number of thiocarbonyl (C=S) groups is 1. The number of para-hydroxylation sites is 1. The van der Waals surface area contributed by atoms with Crippen molar-refractivity contribution in [3.8, 4) is 11.5 Å². The van der Waals surface area contributed by atoms with Crippen molar-refractivity contribution < 1.29 is 19.4 Å². The smallest absolute Gasteiger partial charge is 0.338 e. The second-order valence-electron chi connectivity index (χ2n) is 5.80. The van der Waals surface area contributed by atoms with Crippen LogP contribution in [0.4, 0.5) is 0 Å². The number of phenolic OH excluding ortho intramolecular Hbond substituents is 1. The van der Waals surface area contributed by atoms with Crippen molar-refractivity contribution in [1.29, 1.82) is 0 Å². The predicted octanol–water partition coefficient (Wildman–Crippen LogP) is 2.89. The third-order valence-corrected chi connectivity index (χ3v) is 4.41. The molecule has 0 radical (unpaired) electrons. The minimum absolute atomic E-state index is 0.0589. The zero-order valence-electron chi connectivity index (χ0n) is 15.0. The molecular weight excluding hydrogens is 364 g/mol. The number of methoxy groups -OCH3 is 1. The first-order valence-electron chi connectivity index (χ1n) is 8.46. The topological polar surface area (TPSA) is 79.8 Å². The van der Waals surface area contributed by atoms with Crippen molar-refractivity contribution in [1.82, 2.24) is 10.6 Å². The number of esters is 1. The molecule has 0 saturated heterocycles. The van der Waals surface area contributed by atoms with E-state index in [1.54, 1.807) is 25.1 Å². The molecule has 0 fully saturated rings. The lowest BCUT2D eigenvalue weighted by molar-refractivity contribution is -0.138. The molecule has 3 rings (SSSR count). The van der Waals surface area contributed by atoms with E-state index in [4.69, 9.17) is 21.7 Å². The van der Waals surface area contributed by atoms with Crippen LogP contribution in [0.5, 0.6) is 11.5 Å². The van der Waals surface area contributed by atoms with E-state index in [1.807, 2.05) is 30.3 Å². The Morgan fingerprint density at radius 1 is 1.19 bits per heavy atom. The summed E-state index contributed by atoms with van der Waals surface area (Å²) >= 11 is 5.35. The maximum atomic E-state index is 12.8. The van der Waals surface area contributed by atoms with Gasteiger partial charge in [0.05, 0.1) is 31.0 Å². The van der Waals surface area contributed by atoms with Gasteiger partial charge in [-0.2, -0.15) is 0 Å². The van der Waals surface area contributed by atoms with E-state index in [2.05, 4.69) is 10.6 Å². The van der Waals surface area contributed by atoms with Gasteiger partial charge >= 0.3 is 5.97 Å². The molecule has 2 aromatic rings. The quantitative estimate of drug-likeness (QED) is 0.540. The fourth-order valence-electron chi connectivity index (χ4n) is 3.00. The van der Waals surface area contributed by atoms with Gasteiger partial charge < -0.3 is 25.2 Å². The number of carbonyl (C=O) groups is 1. The standard InChI is InChI=1S/C20H20N2O4S/c1-3-26-19(24)15-16(12-8-5-4-6-9-12)21-20(27)22-17(15)13-10-7-11-14(25-2)18(13)23/h4-11,17,23H,3H2,1-2H3,(H2,21,22,27)/t17-/m1/s1. The van der Waals surface area contributed by atoms with Crippen molar-refractivity contribution in [3.63, 3.8) is 0 Å². The summed E-state index contributed by atoms with van der Waals surface area (Å²) in [6.07, 6.45) is 0. The lowest BCUT2D eigenvalue weighted by atomic mass is 9.92. The second kappa shape index (κ2) is 8.09. The van der Waals surface area contributed by atoms with Gasteiger partial charge in [-0.05, 0) is 30.8 Å². The highest BCUT2D eigenvalue weighted by Crippen LogP contribution is 2.39. The van der Waals surface area contributed by atoms with E-state index in [1.165, 1.54) is 7.11 Å². The molecule has 1 aliphatic heterocycles. The van der Waals surface area contributed by atoms with Crippen LogP contribution in [0, 0.1) is 0 Å². The number of nitrogens with one attached hydrogen (secondary N) is 2. The van der Waals surface area contributed by atoms with Gasteiger partial charge in [-0.1, -0.05) is 42.5 Å². The summed E-state index contributed by atoms with van der Waals surface area (Å²) in [6, 6.07) is 13.8. The molecule has 7 heteroatoms. The first kappa shape index (κ1) is 18.7. The van der Waals surface area contributed by atoms with Crippen molar-refractivity contribution in [2.45, 2.75) is 13.0 Å². The zero-order valence-corrected chi connectivity index (χ0v) is 15.8. The summed E-state index contributed by atoms with van der Waals surface area (Å²) in [7, 11) is 1.47. The Labute approximate surface area is 162 Å². The average molecular weight is 384 g/mol. The molecule has 0 aromatic heterocycles. The monoisotopic (exact) mass is 384 g/mol. The Hall–Kier alpha value is -3.06. The van der Waals surface area contributed by atoms with E-state index in [0.717, 1.165) is 5.56 Å². The van der Waals surface area contributed by atoms with Gasteiger partial charge in [-0.25, -0.2) is 4.79 Å². The van der Waals surface area contributed by atoms with E-state index >= 15 is 0 Å². The zero-order chi connectivity index (χ0) is 19.4. The molecule has 0 spiro atoms. The Bertz CT molecular complexity index is 896. The third kappa shape index (κ3) is 3.73. The molecule has 2 aromatic carbocycles. The van der Waals surface area contributed by atoms with E-state index < -0.39 is 12.0 Å². The van der Waals surface area contributed by atoms with Crippen LogP contribution in [0.25, 0.3) is 5.70 Å². The minimum atomic E-state index is -0.692. The number of rotatable bonds is 5. The van der Waals surface area contributed by atoms with E-state index in [-0.39, 0.29) is 12.4 Å². The SMILES string of the molecule is CCOC(=O)C1=C(c2ccccc2)NC(=S)N[C@@H]1c1cccc(OC)c1O. The van der Waals surface area contributed by atoms with Crippen LogP contribution in [-0.4, -0.2) is 29.9 Å². The molecule has 140 valence electrons. The average Bonchev–Trinajstić information content (AvgIpc) is 2.68.